The molecule has 1 heterocycles. The fourth-order valence-electron chi connectivity index (χ4n) is 2.96. The molecule has 0 spiro atoms. The quantitative estimate of drug-likeness (QED) is 0.932. The Hall–Kier alpha value is -2.08. The molecular weight excluding hydrogens is 312 g/mol. The number of hydrogen-bond donors (Lipinski definition) is 1. The number of hydrogen-bond acceptors (Lipinski definition) is 5. The van der Waals surface area contributed by atoms with Gasteiger partial charge in [0.15, 0.2) is 9.84 Å². The highest BCUT2D eigenvalue weighted by Gasteiger charge is 2.19. The lowest BCUT2D eigenvalue weighted by molar-refractivity contribution is 0.389. The molecule has 6 heteroatoms. The maximum atomic E-state index is 11.7. The minimum absolute atomic E-state index is 0.304. The summed E-state index contributed by atoms with van der Waals surface area (Å²) in [6.07, 6.45) is 7.18. The van der Waals surface area contributed by atoms with E-state index in [2.05, 4.69) is 10.3 Å². The van der Waals surface area contributed by atoms with Crippen molar-refractivity contribution in [2.45, 2.75) is 30.6 Å². The van der Waals surface area contributed by atoms with Crippen LogP contribution < -0.4 is 10.1 Å². The van der Waals surface area contributed by atoms with Crippen molar-refractivity contribution in [3.8, 4) is 5.88 Å². The van der Waals surface area contributed by atoms with Gasteiger partial charge in [-0.1, -0.05) is 6.07 Å². The maximum absolute atomic E-state index is 11.7. The third-order valence-electron chi connectivity index (χ3n) is 4.10. The first-order valence-corrected chi connectivity index (χ1v) is 9.50. The molecule has 1 aliphatic carbocycles. The van der Waals surface area contributed by atoms with Gasteiger partial charge >= 0.3 is 0 Å². The lowest BCUT2D eigenvalue weighted by Crippen LogP contribution is -2.10. The summed E-state index contributed by atoms with van der Waals surface area (Å²) in [7, 11) is -1.58. The smallest absolute Gasteiger partial charge is 0.216 e. The predicted octanol–water partition coefficient (Wildman–Crippen LogP) is 3.12. The number of fused-ring (bicyclic) bond motifs is 1. The largest absolute Gasteiger partial charge is 0.481 e. The zero-order valence-electron chi connectivity index (χ0n) is 13.3. The van der Waals surface area contributed by atoms with Crippen LogP contribution >= 0.6 is 0 Å². The standard InChI is InChI=1S/C17H20N2O3S/c1-22-17-15-9-4-3-8-14(15)16(11-18-17)19-12-6-5-7-13(10-12)23(2,20)21/h5-7,10-11,19H,3-4,8-9H2,1-2H3. The van der Waals surface area contributed by atoms with E-state index < -0.39 is 9.84 Å². The first kappa shape index (κ1) is 15.8. The summed E-state index contributed by atoms with van der Waals surface area (Å²) >= 11 is 0. The van der Waals surface area contributed by atoms with Gasteiger partial charge in [-0.25, -0.2) is 13.4 Å². The molecule has 0 atom stereocenters. The van der Waals surface area contributed by atoms with Crippen molar-refractivity contribution in [1.29, 1.82) is 0 Å². The van der Waals surface area contributed by atoms with E-state index in [0.29, 0.717) is 10.8 Å². The van der Waals surface area contributed by atoms with Gasteiger partial charge in [0.2, 0.25) is 5.88 Å². The van der Waals surface area contributed by atoms with Crippen molar-refractivity contribution in [2.75, 3.05) is 18.7 Å². The van der Waals surface area contributed by atoms with Gasteiger partial charge in [-0.05, 0) is 49.4 Å². The zero-order valence-corrected chi connectivity index (χ0v) is 14.1. The van der Waals surface area contributed by atoms with Crippen LogP contribution in [0.5, 0.6) is 5.88 Å². The van der Waals surface area contributed by atoms with Gasteiger partial charge in [-0.15, -0.1) is 0 Å². The number of anilines is 2. The number of nitrogens with zero attached hydrogens (tertiary/aromatic N) is 1. The number of benzene rings is 1. The Morgan fingerprint density at radius 1 is 1.17 bits per heavy atom. The molecule has 1 aromatic heterocycles. The third-order valence-corrected chi connectivity index (χ3v) is 5.21. The number of sulfone groups is 1. The van der Waals surface area contributed by atoms with Crippen LogP contribution in [0.25, 0.3) is 0 Å². The first-order chi connectivity index (χ1) is 11.0. The summed E-state index contributed by atoms with van der Waals surface area (Å²) in [5.74, 6) is 0.690. The monoisotopic (exact) mass is 332 g/mol. The molecule has 0 bridgehead atoms. The van der Waals surface area contributed by atoms with Crippen LogP contribution in [-0.4, -0.2) is 26.8 Å². The van der Waals surface area contributed by atoms with Crippen LogP contribution in [0, 0.1) is 0 Å². The molecule has 1 aliphatic rings. The van der Waals surface area contributed by atoms with E-state index in [1.54, 1.807) is 31.5 Å². The second kappa shape index (κ2) is 6.20. The molecule has 1 N–H and O–H groups in total. The number of pyridine rings is 1. The summed E-state index contributed by atoms with van der Waals surface area (Å²) in [5.41, 5.74) is 4.04. The van der Waals surface area contributed by atoms with Crippen molar-refractivity contribution in [3.05, 3.63) is 41.6 Å². The van der Waals surface area contributed by atoms with E-state index >= 15 is 0 Å². The summed E-state index contributed by atoms with van der Waals surface area (Å²) in [5, 5.41) is 3.31. The molecule has 122 valence electrons. The Labute approximate surface area is 136 Å². The fourth-order valence-corrected chi connectivity index (χ4v) is 3.63. The third kappa shape index (κ3) is 3.32. The average Bonchev–Trinajstić information content (AvgIpc) is 2.55. The van der Waals surface area contributed by atoms with E-state index in [9.17, 15) is 8.42 Å². The minimum atomic E-state index is -3.22. The van der Waals surface area contributed by atoms with Gasteiger partial charge in [0.1, 0.15) is 0 Å². The van der Waals surface area contributed by atoms with Crippen LogP contribution in [-0.2, 0) is 22.7 Å². The van der Waals surface area contributed by atoms with Crippen LogP contribution in [0.4, 0.5) is 11.4 Å². The van der Waals surface area contributed by atoms with Crippen LogP contribution in [0.3, 0.4) is 0 Å². The van der Waals surface area contributed by atoms with E-state index in [-0.39, 0.29) is 0 Å². The van der Waals surface area contributed by atoms with Crippen LogP contribution in [0.2, 0.25) is 0 Å². The molecule has 0 saturated heterocycles. The molecule has 0 fully saturated rings. The van der Waals surface area contributed by atoms with Gasteiger partial charge in [0.25, 0.3) is 0 Å². The Morgan fingerprint density at radius 3 is 2.61 bits per heavy atom. The highest BCUT2D eigenvalue weighted by molar-refractivity contribution is 7.90. The second-order valence-electron chi connectivity index (χ2n) is 5.77. The summed E-state index contributed by atoms with van der Waals surface area (Å²) in [6, 6.07) is 6.84. The maximum Gasteiger partial charge on any atom is 0.216 e. The highest BCUT2D eigenvalue weighted by Crippen LogP contribution is 2.34. The summed E-state index contributed by atoms with van der Waals surface area (Å²) in [6.45, 7) is 0. The Morgan fingerprint density at radius 2 is 1.91 bits per heavy atom. The molecular formula is C17H20N2O3S. The molecule has 0 saturated carbocycles. The molecule has 0 amide bonds. The van der Waals surface area contributed by atoms with Crippen molar-refractivity contribution in [2.24, 2.45) is 0 Å². The SMILES string of the molecule is COc1ncc(Nc2cccc(S(C)(=O)=O)c2)c2c1CCCC2. The molecule has 1 aromatic carbocycles. The molecule has 0 radical (unpaired) electrons. The van der Waals surface area contributed by atoms with Gasteiger partial charge in [-0.2, -0.15) is 0 Å². The fraction of sp³-hybridized carbons (Fsp3) is 0.353. The lowest BCUT2D eigenvalue weighted by atomic mass is 9.91. The Bertz CT molecular complexity index is 832. The van der Waals surface area contributed by atoms with E-state index in [1.165, 1.54) is 11.8 Å². The highest BCUT2D eigenvalue weighted by atomic mass is 32.2. The van der Waals surface area contributed by atoms with Crippen LogP contribution in [0.15, 0.2) is 35.4 Å². The van der Waals surface area contributed by atoms with Crippen molar-refractivity contribution >= 4 is 21.2 Å². The lowest BCUT2D eigenvalue weighted by Gasteiger charge is -2.21. The number of rotatable bonds is 4. The van der Waals surface area contributed by atoms with E-state index in [1.807, 2.05) is 6.07 Å². The summed E-state index contributed by atoms with van der Waals surface area (Å²) in [4.78, 5) is 4.68. The molecule has 0 aliphatic heterocycles. The van der Waals surface area contributed by atoms with Crippen molar-refractivity contribution < 1.29 is 13.2 Å². The zero-order chi connectivity index (χ0) is 16.4. The first-order valence-electron chi connectivity index (χ1n) is 7.61. The predicted molar refractivity (Wildman–Crippen MR) is 90.3 cm³/mol. The number of aromatic nitrogens is 1. The molecule has 3 rings (SSSR count). The molecule has 23 heavy (non-hydrogen) atoms. The number of nitrogens with one attached hydrogen (secondary N) is 1. The number of ether oxygens (including phenoxy) is 1. The molecule has 5 nitrogen and oxygen atoms in total. The van der Waals surface area contributed by atoms with Gasteiger partial charge in [0.05, 0.1) is 23.9 Å². The van der Waals surface area contributed by atoms with Gasteiger partial charge < -0.3 is 10.1 Å². The number of methoxy groups -OCH3 is 1. The van der Waals surface area contributed by atoms with E-state index in [0.717, 1.165) is 42.6 Å². The Kier molecular flexibility index (Phi) is 4.26. The molecule has 2 aromatic rings. The van der Waals surface area contributed by atoms with Crippen LogP contribution in [0.1, 0.15) is 24.0 Å². The normalized spacial score (nSPS) is 14.2. The second-order valence-corrected chi connectivity index (χ2v) is 7.79. The van der Waals surface area contributed by atoms with Gasteiger partial charge in [0, 0.05) is 17.5 Å². The average molecular weight is 332 g/mol. The minimum Gasteiger partial charge on any atom is -0.481 e. The summed E-state index contributed by atoms with van der Waals surface area (Å²) < 4.78 is 28.8. The Balaban J connectivity index is 1.98. The van der Waals surface area contributed by atoms with Crippen molar-refractivity contribution in [1.82, 2.24) is 4.98 Å². The molecule has 0 unspecified atom stereocenters. The van der Waals surface area contributed by atoms with E-state index in [4.69, 9.17) is 4.74 Å². The topological polar surface area (TPSA) is 68.3 Å². The van der Waals surface area contributed by atoms with Gasteiger partial charge in [-0.3, -0.25) is 0 Å². The van der Waals surface area contributed by atoms with Crippen molar-refractivity contribution in [3.63, 3.8) is 0 Å².